The first-order chi connectivity index (χ1) is 8.57. The normalized spacial score (nSPS) is 34.2. The molecule has 18 heavy (non-hydrogen) atoms. The van der Waals surface area contributed by atoms with Crippen LogP contribution >= 0.6 is 0 Å². The summed E-state index contributed by atoms with van der Waals surface area (Å²) in [6.45, 7) is 11.3. The Morgan fingerprint density at radius 2 is 2.00 bits per heavy atom. The van der Waals surface area contributed by atoms with Crippen molar-refractivity contribution in [2.45, 2.75) is 71.9 Å². The second kappa shape index (κ2) is 5.92. The van der Waals surface area contributed by atoms with E-state index in [4.69, 9.17) is 4.74 Å². The summed E-state index contributed by atoms with van der Waals surface area (Å²) in [5.41, 5.74) is 0.418. The number of hydrogen-bond donors (Lipinski definition) is 1. The molecule has 1 aliphatic heterocycles. The second-order valence-corrected chi connectivity index (χ2v) is 6.99. The summed E-state index contributed by atoms with van der Waals surface area (Å²) in [4.78, 5) is 0. The first-order valence-corrected chi connectivity index (χ1v) is 7.92. The topological polar surface area (TPSA) is 21.3 Å². The lowest BCUT2D eigenvalue weighted by molar-refractivity contribution is 0.0185. The molecule has 0 spiro atoms. The molecule has 1 aliphatic carbocycles. The zero-order valence-corrected chi connectivity index (χ0v) is 12.7. The minimum absolute atomic E-state index is 0.418. The Bertz CT molecular complexity index is 262. The van der Waals surface area contributed by atoms with E-state index < -0.39 is 0 Å². The van der Waals surface area contributed by atoms with E-state index in [-0.39, 0.29) is 0 Å². The molecule has 2 aliphatic rings. The van der Waals surface area contributed by atoms with Crippen molar-refractivity contribution in [1.82, 2.24) is 5.32 Å². The van der Waals surface area contributed by atoms with Gasteiger partial charge >= 0.3 is 0 Å². The number of ether oxygens (including phenoxy) is 1. The number of rotatable bonds is 7. The summed E-state index contributed by atoms with van der Waals surface area (Å²) in [6.07, 6.45) is 7.23. The van der Waals surface area contributed by atoms with Crippen molar-refractivity contribution in [3.05, 3.63) is 0 Å². The standard InChI is InChI=1S/C16H31NO/c1-5-13(4)10-16(11-17-12(2)3)8-9-18-15(16)14-6-7-14/h12-15,17H,5-11H2,1-4H3. The van der Waals surface area contributed by atoms with Crippen LogP contribution in [0.2, 0.25) is 0 Å². The van der Waals surface area contributed by atoms with Crippen LogP contribution in [-0.4, -0.2) is 25.3 Å². The Morgan fingerprint density at radius 1 is 1.28 bits per heavy atom. The van der Waals surface area contributed by atoms with Gasteiger partial charge in [0.25, 0.3) is 0 Å². The van der Waals surface area contributed by atoms with Crippen molar-refractivity contribution >= 4 is 0 Å². The van der Waals surface area contributed by atoms with E-state index in [1.807, 2.05) is 0 Å². The fourth-order valence-corrected chi connectivity index (χ4v) is 3.47. The molecule has 3 atom stereocenters. The molecule has 1 N–H and O–H groups in total. The van der Waals surface area contributed by atoms with Gasteiger partial charge in [0.2, 0.25) is 0 Å². The molecule has 3 unspecified atom stereocenters. The molecule has 106 valence electrons. The van der Waals surface area contributed by atoms with Crippen LogP contribution in [0, 0.1) is 17.3 Å². The Labute approximate surface area is 113 Å². The molecule has 0 aromatic heterocycles. The summed E-state index contributed by atoms with van der Waals surface area (Å²) in [5, 5.41) is 3.69. The zero-order valence-electron chi connectivity index (χ0n) is 12.7. The SMILES string of the molecule is CCC(C)CC1(CNC(C)C)CCOC1C1CC1. The smallest absolute Gasteiger partial charge is 0.0672 e. The third-order valence-electron chi connectivity index (χ3n) is 4.87. The van der Waals surface area contributed by atoms with Crippen LogP contribution < -0.4 is 5.32 Å². The summed E-state index contributed by atoms with van der Waals surface area (Å²) in [7, 11) is 0. The Kier molecular flexibility index (Phi) is 4.71. The van der Waals surface area contributed by atoms with Crippen molar-refractivity contribution in [3.63, 3.8) is 0 Å². The Balaban J connectivity index is 2.04. The van der Waals surface area contributed by atoms with E-state index in [0.29, 0.717) is 17.6 Å². The van der Waals surface area contributed by atoms with Gasteiger partial charge in [-0.1, -0.05) is 34.1 Å². The number of hydrogen-bond acceptors (Lipinski definition) is 2. The molecule has 1 saturated carbocycles. The molecule has 1 saturated heterocycles. The zero-order chi connectivity index (χ0) is 13.2. The van der Waals surface area contributed by atoms with Gasteiger partial charge in [-0.05, 0) is 37.5 Å². The van der Waals surface area contributed by atoms with Crippen LogP contribution in [0.25, 0.3) is 0 Å². The van der Waals surface area contributed by atoms with Crippen LogP contribution in [0.1, 0.15) is 59.8 Å². The van der Waals surface area contributed by atoms with Gasteiger partial charge in [-0.25, -0.2) is 0 Å². The van der Waals surface area contributed by atoms with E-state index in [0.717, 1.165) is 25.0 Å². The monoisotopic (exact) mass is 253 g/mol. The van der Waals surface area contributed by atoms with Crippen LogP contribution in [0.3, 0.4) is 0 Å². The lowest BCUT2D eigenvalue weighted by Crippen LogP contribution is -2.44. The highest BCUT2D eigenvalue weighted by atomic mass is 16.5. The van der Waals surface area contributed by atoms with Crippen LogP contribution in [-0.2, 0) is 4.74 Å². The Morgan fingerprint density at radius 3 is 2.56 bits per heavy atom. The van der Waals surface area contributed by atoms with Gasteiger partial charge in [-0.3, -0.25) is 0 Å². The van der Waals surface area contributed by atoms with E-state index in [1.165, 1.54) is 32.1 Å². The maximum absolute atomic E-state index is 6.13. The van der Waals surface area contributed by atoms with Crippen molar-refractivity contribution in [1.29, 1.82) is 0 Å². The van der Waals surface area contributed by atoms with Crippen LogP contribution in [0.5, 0.6) is 0 Å². The summed E-state index contributed by atoms with van der Waals surface area (Å²) in [5.74, 6) is 1.69. The minimum atomic E-state index is 0.418. The molecule has 2 nitrogen and oxygen atoms in total. The molecule has 2 heteroatoms. The molecule has 0 radical (unpaired) electrons. The number of nitrogens with one attached hydrogen (secondary N) is 1. The van der Waals surface area contributed by atoms with Gasteiger partial charge in [0.15, 0.2) is 0 Å². The third kappa shape index (κ3) is 3.27. The van der Waals surface area contributed by atoms with Gasteiger partial charge < -0.3 is 10.1 Å². The van der Waals surface area contributed by atoms with Gasteiger partial charge in [0, 0.05) is 24.6 Å². The molecule has 2 fully saturated rings. The molecule has 0 aromatic carbocycles. The lowest BCUT2D eigenvalue weighted by Gasteiger charge is -2.37. The van der Waals surface area contributed by atoms with Crippen molar-refractivity contribution in [3.8, 4) is 0 Å². The average Bonchev–Trinajstić information content (AvgIpc) is 3.09. The molecular weight excluding hydrogens is 222 g/mol. The summed E-state index contributed by atoms with van der Waals surface area (Å²) < 4.78 is 6.13. The molecule has 1 heterocycles. The first kappa shape index (κ1) is 14.3. The predicted octanol–water partition coefficient (Wildman–Crippen LogP) is 3.61. The fraction of sp³-hybridized carbons (Fsp3) is 1.00. The predicted molar refractivity (Wildman–Crippen MR) is 76.7 cm³/mol. The molecular formula is C16H31NO. The second-order valence-electron chi connectivity index (χ2n) is 6.99. The summed E-state index contributed by atoms with van der Waals surface area (Å²) in [6, 6.07) is 0.583. The van der Waals surface area contributed by atoms with Gasteiger partial charge in [0.1, 0.15) is 0 Å². The van der Waals surface area contributed by atoms with Crippen molar-refractivity contribution < 1.29 is 4.74 Å². The van der Waals surface area contributed by atoms with Crippen LogP contribution in [0.15, 0.2) is 0 Å². The van der Waals surface area contributed by atoms with Gasteiger partial charge in [-0.2, -0.15) is 0 Å². The maximum atomic E-state index is 6.13. The van der Waals surface area contributed by atoms with E-state index in [2.05, 4.69) is 33.0 Å². The van der Waals surface area contributed by atoms with Crippen LogP contribution in [0.4, 0.5) is 0 Å². The van der Waals surface area contributed by atoms with E-state index in [1.54, 1.807) is 0 Å². The quantitative estimate of drug-likeness (QED) is 0.748. The molecule has 0 bridgehead atoms. The lowest BCUT2D eigenvalue weighted by atomic mass is 9.72. The molecule has 0 amide bonds. The average molecular weight is 253 g/mol. The maximum Gasteiger partial charge on any atom is 0.0672 e. The highest BCUT2D eigenvalue weighted by Crippen LogP contribution is 2.50. The minimum Gasteiger partial charge on any atom is -0.377 e. The molecule has 0 aromatic rings. The van der Waals surface area contributed by atoms with Crippen molar-refractivity contribution in [2.75, 3.05) is 13.2 Å². The van der Waals surface area contributed by atoms with Crippen molar-refractivity contribution in [2.24, 2.45) is 17.3 Å². The van der Waals surface area contributed by atoms with Gasteiger partial charge in [0.05, 0.1) is 6.10 Å². The fourth-order valence-electron chi connectivity index (χ4n) is 3.47. The van der Waals surface area contributed by atoms with Gasteiger partial charge in [-0.15, -0.1) is 0 Å². The summed E-state index contributed by atoms with van der Waals surface area (Å²) >= 11 is 0. The first-order valence-electron chi connectivity index (χ1n) is 7.92. The molecule has 2 rings (SSSR count). The van der Waals surface area contributed by atoms with E-state index >= 15 is 0 Å². The largest absolute Gasteiger partial charge is 0.377 e. The highest BCUT2D eigenvalue weighted by Gasteiger charge is 2.50. The highest BCUT2D eigenvalue weighted by molar-refractivity contribution is 5.01. The van der Waals surface area contributed by atoms with E-state index in [9.17, 15) is 0 Å². The third-order valence-corrected chi connectivity index (χ3v) is 4.87. The Hall–Kier alpha value is -0.0800.